The number of amides is 2. The largest absolute Gasteiger partial charge is 0.481 e. The first-order chi connectivity index (χ1) is 11.3. The number of aliphatic carboxylic acids is 1. The van der Waals surface area contributed by atoms with Gasteiger partial charge in [-0.25, -0.2) is 0 Å². The second-order valence-electron chi connectivity index (χ2n) is 6.66. The molecule has 2 aliphatic heterocycles. The fourth-order valence-electron chi connectivity index (χ4n) is 3.36. The Morgan fingerprint density at radius 1 is 1.29 bits per heavy atom. The van der Waals surface area contributed by atoms with E-state index in [0.29, 0.717) is 25.9 Å². The Morgan fingerprint density at radius 2 is 2.00 bits per heavy atom. The van der Waals surface area contributed by atoms with Gasteiger partial charge in [0.05, 0.1) is 11.1 Å². The zero-order valence-corrected chi connectivity index (χ0v) is 15.0. The van der Waals surface area contributed by atoms with Crippen molar-refractivity contribution in [3.05, 3.63) is 28.7 Å². The number of anilines is 1. The highest BCUT2D eigenvalue weighted by molar-refractivity contribution is 9.10. The van der Waals surface area contributed by atoms with Crippen LogP contribution in [-0.4, -0.2) is 47.4 Å². The normalized spacial score (nSPS) is 26.9. The van der Waals surface area contributed by atoms with Crippen LogP contribution in [0, 0.1) is 11.3 Å². The molecule has 1 N–H and O–H groups in total. The zero-order chi connectivity index (χ0) is 17.5. The molecule has 6 nitrogen and oxygen atoms in total. The van der Waals surface area contributed by atoms with E-state index in [1.165, 1.54) is 4.90 Å². The minimum absolute atomic E-state index is 0.167. The second kappa shape index (κ2) is 6.20. The van der Waals surface area contributed by atoms with Gasteiger partial charge in [0.1, 0.15) is 5.92 Å². The van der Waals surface area contributed by atoms with E-state index < -0.39 is 17.3 Å². The third kappa shape index (κ3) is 2.81. The number of hydrogen-bond acceptors (Lipinski definition) is 3. The number of rotatable bonds is 3. The fraction of sp³-hybridized carbons (Fsp3) is 0.471. The molecule has 0 aliphatic carbocycles. The molecule has 2 saturated heterocycles. The molecule has 2 fully saturated rings. The molecule has 128 valence electrons. The number of hydrogen-bond donors (Lipinski definition) is 1. The van der Waals surface area contributed by atoms with E-state index in [1.807, 2.05) is 24.3 Å². The third-order valence-corrected chi connectivity index (χ3v) is 5.62. The lowest BCUT2D eigenvalue weighted by Crippen LogP contribution is -2.41. The van der Waals surface area contributed by atoms with Crippen LogP contribution in [0.25, 0.3) is 0 Å². The summed E-state index contributed by atoms with van der Waals surface area (Å²) in [5, 5.41) is 9.29. The van der Waals surface area contributed by atoms with Crippen LogP contribution in [0.15, 0.2) is 28.7 Å². The highest BCUT2D eigenvalue weighted by Crippen LogP contribution is 2.35. The van der Waals surface area contributed by atoms with E-state index in [-0.39, 0.29) is 18.4 Å². The van der Waals surface area contributed by atoms with E-state index in [2.05, 4.69) is 15.9 Å². The van der Waals surface area contributed by atoms with Gasteiger partial charge in [0.25, 0.3) is 0 Å². The minimum Gasteiger partial charge on any atom is -0.481 e. The van der Waals surface area contributed by atoms with Gasteiger partial charge in [-0.15, -0.1) is 0 Å². The van der Waals surface area contributed by atoms with Gasteiger partial charge < -0.3 is 14.9 Å². The lowest BCUT2D eigenvalue weighted by Gasteiger charge is -2.23. The molecule has 0 spiro atoms. The van der Waals surface area contributed by atoms with Crippen molar-refractivity contribution in [1.29, 1.82) is 0 Å². The first-order valence-corrected chi connectivity index (χ1v) is 8.71. The molecule has 7 heteroatoms. The quantitative estimate of drug-likeness (QED) is 0.796. The predicted octanol–water partition coefficient (Wildman–Crippen LogP) is 2.13. The molecule has 1 aromatic carbocycles. The van der Waals surface area contributed by atoms with Gasteiger partial charge in [-0.3, -0.25) is 14.4 Å². The molecule has 2 unspecified atom stereocenters. The van der Waals surface area contributed by atoms with Crippen LogP contribution >= 0.6 is 15.9 Å². The van der Waals surface area contributed by atoms with Crippen LogP contribution in [0.5, 0.6) is 0 Å². The van der Waals surface area contributed by atoms with Crippen molar-refractivity contribution in [3.63, 3.8) is 0 Å². The summed E-state index contributed by atoms with van der Waals surface area (Å²) < 4.78 is 0.811. The van der Waals surface area contributed by atoms with E-state index in [9.17, 15) is 19.5 Å². The molecule has 2 atom stereocenters. The summed E-state index contributed by atoms with van der Waals surface area (Å²) in [6.07, 6.45) is 0.877. The molecular formula is C17H19BrN2O4. The molecule has 2 amide bonds. The van der Waals surface area contributed by atoms with E-state index in [0.717, 1.165) is 10.2 Å². The number of para-hydroxylation sites is 1. The summed E-state index contributed by atoms with van der Waals surface area (Å²) in [4.78, 5) is 39.9. The Balaban J connectivity index is 1.73. The number of halogens is 1. The van der Waals surface area contributed by atoms with Gasteiger partial charge in [-0.2, -0.15) is 0 Å². The van der Waals surface area contributed by atoms with Crippen LogP contribution in [-0.2, 0) is 14.4 Å². The highest BCUT2D eigenvalue weighted by Gasteiger charge is 2.46. The van der Waals surface area contributed by atoms with Crippen molar-refractivity contribution in [2.24, 2.45) is 11.3 Å². The maximum Gasteiger partial charge on any atom is 0.311 e. The van der Waals surface area contributed by atoms with Crippen LogP contribution < -0.4 is 4.90 Å². The number of carbonyl (C=O) groups excluding carboxylic acids is 2. The van der Waals surface area contributed by atoms with Crippen molar-refractivity contribution >= 4 is 39.4 Å². The molecular weight excluding hydrogens is 376 g/mol. The van der Waals surface area contributed by atoms with E-state index >= 15 is 0 Å². The molecule has 2 heterocycles. The number of carbonyl (C=O) groups is 3. The van der Waals surface area contributed by atoms with Crippen LogP contribution in [0.1, 0.15) is 19.8 Å². The zero-order valence-electron chi connectivity index (χ0n) is 13.4. The number of carboxylic acid groups (broad SMARTS) is 1. The lowest BCUT2D eigenvalue weighted by atomic mass is 9.90. The molecule has 0 radical (unpaired) electrons. The Morgan fingerprint density at radius 3 is 2.62 bits per heavy atom. The van der Waals surface area contributed by atoms with Crippen LogP contribution in [0.3, 0.4) is 0 Å². The van der Waals surface area contributed by atoms with Crippen molar-refractivity contribution in [2.75, 3.05) is 24.5 Å². The fourth-order valence-corrected chi connectivity index (χ4v) is 3.86. The van der Waals surface area contributed by atoms with Gasteiger partial charge in [0, 0.05) is 24.1 Å². The molecule has 0 saturated carbocycles. The summed E-state index contributed by atoms with van der Waals surface area (Å²) in [5.41, 5.74) is -0.158. The summed E-state index contributed by atoms with van der Waals surface area (Å²) in [7, 11) is 0. The summed E-state index contributed by atoms with van der Waals surface area (Å²) in [6, 6.07) is 7.41. The predicted molar refractivity (Wildman–Crippen MR) is 91.5 cm³/mol. The second-order valence-corrected chi connectivity index (χ2v) is 7.51. The molecule has 24 heavy (non-hydrogen) atoms. The summed E-state index contributed by atoms with van der Waals surface area (Å²) in [5.74, 6) is -2.08. The highest BCUT2D eigenvalue weighted by atomic mass is 79.9. The van der Waals surface area contributed by atoms with Crippen LogP contribution in [0.4, 0.5) is 5.69 Å². The van der Waals surface area contributed by atoms with E-state index in [1.54, 1.807) is 11.8 Å². The Bertz CT molecular complexity index is 708. The first-order valence-electron chi connectivity index (χ1n) is 7.91. The maximum absolute atomic E-state index is 12.7. The Kier molecular flexibility index (Phi) is 4.38. The first kappa shape index (κ1) is 17.0. The lowest BCUT2D eigenvalue weighted by molar-refractivity contribution is -0.147. The van der Waals surface area contributed by atoms with Gasteiger partial charge in [-0.1, -0.05) is 12.1 Å². The number of carboxylic acids is 1. The van der Waals surface area contributed by atoms with Gasteiger partial charge in [-0.05, 0) is 47.8 Å². The molecule has 0 aromatic heterocycles. The maximum atomic E-state index is 12.7. The van der Waals surface area contributed by atoms with Crippen molar-refractivity contribution < 1.29 is 19.5 Å². The number of likely N-dealkylation sites (tertiary alicyclic amines) is 1. The monoisotopic (exact) mass is 394 g/mol. The average molecular weight is 395 g/mol. The molecule has 1 aromatic rings. The molecule has 0 bridgehead atoms. The van der Waals surface area contributed by atoms with E-state index in [4.69, 9.17) is 0 Å². The number of nitrogens with zero attached hydrogens (tertiary/aromatic N) is 2. The summed E-state index contributed by atoms with van der Waals surface area (Å²) >= 11 is 3.43. The molecule has 3 rings (SSSR count). The van der Waals surface area contributed by atoms with Gasteiger partial charge in [0.15, 0.2) is 0 Å². The topological polar surface area (TPSA) is 77.9 Å². The smallest absolute Gasteiger partial charge is 0.311 e. The number of benzene rings is 1. The van der Waals surface area contributed by atoms with Crippen molar-refractivity contribution in [3.8, 4) is 0 Å². The summed E-state index contributed by atoms with van der Waals surface area (Å²) in [6.45, 7) is 2.69. The SMILES string of the molecule is CC1(C(=O)O)CCN(C(=O)C2CCN(c3ccccc3Br)C2=O)C1. The minimum atomic E-state index is -0.917. The van der Waals surface area contributed by atoms with Crippen molar-refractivity contribution in [2.45, 2.75) is 19.8 Å². The van der Waals surface area contributed by atoms with Gasteiger partial charge in [0.2, 0.25) is 11.8 Å². The van der Waals surface area contributed by atoms with Gasteiger partial charge >= 0.3 is 5.97 Å². The third-order valence-electron chi connectivity index (χ3n) is 4.95. The Hall–Kier alpha value is -1.89. The Labute approximate surface area is 148 Å². The van der Waals surface area contributed by atoms with Crippen molar-refractivity contribution in [1.82, 2.24) is 4.90 Å². The average Bonchev–Trinajstić information content (AvgIpc) is 3.12. The standard InChI is InChI=1S/C17H19BrN2O4/c1-17(16(23)24)7-9-19(10-17)14(21)11-6-8-20(15(11)22)13-5-3-2-4-12(13)18/h2-5,11H,6-10H2,1H3,(H,23,24). The molecule has 2 aliphatic rings. The van der Waals surface area contributed by atoms with Crippen LogP contribution in [0.2, 0.25) is 0 Å².